The summed E-state index contributed by atoms with van der Waals surface area (Å²) in [5.41, 5.74) is 8.26. The normalized spacial score (nSPS) is 20.9. The summed E-state index contributed by atoms with van der Waals surface area (Å²) in [6, 6.07) is 8.07. The maximum Gasteiger partial charge on any atom is 0.175 e. The van der Waals surface area contributed by atoms with Gasteiger partial charge in [0.05, 0.1) is 5.56 Å². The number of nitrogen functional groups attached to an aromatic ring is 1. The molecule has 94 valence electrons. The van der Waals surface area contributed by atoms with Crippen LogP contribution in [0.5, 0.6) is 0 Å². The molecule has 1 atom stereocenters. The minimum Gasteiger partial charge on any atom is -0.380 e. The van der Waals surface area contributed by atoms with Gasteiger partial charge in [-0.05, 0) is 29.5 Å². The average Bonchev–Trinajstić information content (AvgIpc) is 2.77. The lowest BCUT2D eigenvalue weighted by atomic mass is 10.0. The number of benzene rings is 1. The molecule has 0 spiro atoms. The predicted octanol–water partition coefficient (Wildman–Crippen LogP) is 4.20. The van der Waals surface area contributed by atoms with Crippen LogP contribution >= 0.6 is 15.9 Å². The van der Waals surface area contributed by atoms with Gasteiger partial charge in [0.2, 0.25) is 0 Å². The maximum atomic E-state index is 5.96. The van der Waals surface area contributed by atoms with Gasteiger partial charge < -0.3 is 10.3 Å². The highest BCUT2D eigenvalue weighted by molar-refractivity contribution is 9.10. The van der Waals surface area contributed by atoms with Crippen LogP contribution in [-0.2, 0) is 0 Å². The van der Waals surface area contributed by atoms with Gasteiger partial charge in [-0.3, -0.25) is 0 Å². The van der Waals surface area contributed by atoms with E-state index < -0.39 is 0 Å². The smallest absolute Gasteiger partial charge is 0.175 e. The second-order valence-electron chi connectivity index (χ2n) is 5.56. The van der Waals surface area contributed by atoms with Crippen LogP contribution in [0.25, 0.3) is 11.1 Å². The van der Waals surface area contributed by atoms with E-state index in [1.165, 1.54) is 0 Å². The van der Waals surface area contributed by atoms with Gasteiger partial charge >= 0.3 is 0 Å². The zero-order valence-electron chi connectivity index (χ0n) is 10.4. The molecule has 1 aromatic carbocycles. The van der Waals surface area contributed by atoms with E-state index in [9.17, 15) is 0 Å². The Morgan fingerprint density at radius 3 is 2.78 bits per heavy atom. The summed E-state index contributed by atoms with van der Waals surface area (Å²) < 4.78 is 6.49. The minimum absolute atomic E-state index is 0.298. The minimum atomic E-state index is 0.298. The van der Waals surface area contributed by atoms with Crippen LogP contribution in [0.1, 0.15) is 31.9 Å². The molecule has 0 bridgehead atoms. The molecule has 1 unspecified atom stereocenters. The largest absolute Gasteiger partial charge is 0.380 e. The third-order valence-corrected chi connectivity index (χ3v) is 4.18. The summed E-state index contributed by atoms with van der Waals surface area (Å²) in [7, 11) is 0. The zero-order valence-corrected chi connectivity index (χ0v) is 12.0. The molecule has 18 heavy (non-hydrogen) atoms. The molecule has 4 heteroatoms. The first kappa shape index (κ1) is 11.8. The molecule has 1 fully saturated rings. The number of halogens is 1. The molecule has 0 saturated heterocycles. The third kappa shape index (κ3) is 1.85. The van der Waals surface area contributed by atoms with Crippen LogP contribution < -0.4 is 5.73 Å². The highest BCUT2D eigenvalue weighted by Gasteiger charge is 2.50. The molecule has 0 aliphatic heterocycles. The average molecular weight is 307 g/mol. The molecule has 1 saturated carbocycles. The van der Waals surface area contributed by atoms with Crippen molar-refractivity contribution in [2.24, 2.45) is 5.41 Å². The van der Waals surface area contributed by atoms with Crippen molar-refractivity contribution >= 4 is 21.7 Å². The fraction of sp³-hybridized carbons (Fsp3) is 0.357. The Hall–Kier alpha value is -1.29. The number of hydrogen-bond acceptors (Lipinski definition) is 3. The quantitative estimate of drug-likeness (QED) is 0.904. The summed E-state index contributed by atoms with van der Waals surface area (Å²) in [4.78, 5) is 0. The Labute approximate surface area is 114 Å². The predicted molar refractivity (Wildman–Crippen MR) is 75.2 cm³/mol. The van der Waals surface area contributed by atoms with Crippen molar-refractivity contribution < 1.29 is 4.52 Å². The fourth-order valence-electron chi connectivity index (χ4n) is 2.40. The van der Waals surface area contributed by atoms with Crippen molar-refractivity contribution in [1.82, 2.24) is 5.16 Å². The second-order valence-corrected chi connectivity index (χ2v) is 6.48. The topological polar surface area (TPSA) is 52.0 Å². The van der Waals surface area contributed by atoms with E-state index in [4.69, 9.17) is 10.3 Å². The number of anilines is 1. The lowest BCUT2D eigenvalue weighted by Gasteiger charge is -2.04. The summed E-state index contributed by atoms with van der Waals surface area (Å²) in [6.45, 7) is 4.47. The fourth-order valence-corrected chi connectivity index (χ4v) is 2.80. The Balaban J connectivity index is 2.09. The molecule has 1 aliphatic rings. The van der Waals surface area contributed by atoms with Crippen molar-refractivity contribution in [1.29, 1.82) is 0 Å². The summed E-state index contributed by atoms with van der Waals surface area (Å²) in [5, 5.41) is 3.94. The lowest BCUT2D eigenvalue weighted by molar-refractivity contribution is 0.376. The van der Waals surface area contributed by atoms with E-state index in [1.54, 1.807) is 0 Å². The molecular formula is C14H15BrN2O. The number of rotatable bonds is 2. The van der Waals surface area contributed by atoms with Crippen molar-refractivity contribution in [3.05, 3.63) is 34.5 Å². The molecule has 3 rings (SSSR count). The Kier molecular flexibility index (Phi) is 2.52. The SMILES string of the molecule is CC1(C)CC1c1onc(N)c1-c1cccc(Br)c1. The van der Waals surface area contributed by atoms with Gasteiger partial charge in [-0.1, -0.05) is 47.1 Å². The highest BCUT2D eigenvalue weighted by Crippen LogP contribution is 2.60. The standard InChI is InChI=1S/C14H15BrN2O/c1-14(2)7-10(14)12-11(13(16)17-18-12)8-4-3-5-9(15)6-8/h3-6,10H,7H2,1-2H3,(H2,16,17). The Morgan fingerprint density at radius 1 is 1.44 bits per heavy atom. The summed E-state index contributed by atoms with van der Waals surface area (Å²) in [5.74, 6) is 1.83. The van der Waals surface area contributed by atoms with Gasteiger partial charge in [0, 0.05) is 10.4 Å². The molecule has 0 amide bonds. The third-order valence-electron chi connectivity index (χ3n) is 3.69. The van der Waals surface area contributed by atoms with Gasteiger partial charge in [-0.2, -0.15) is 0 Å². The maximum absolute atomic E-state index is 5.96. The Morgan fingerprint density at radius 2 is 2.17 bits per heavy atom. The van der Waals surface area contributed by atoms with Gasteiger partial charge in [0.15, 0.2) is 5.82 Å². The summed E-state index contributed by atoms with van der Waals surface area (Å²) >= 11 is 3.48. The number of nitrogens with zero attached hydrogens (tertiary/aromatic N) is 1. The lowest BCUT2D eigenvalue weighted by Crippen LogP contribution is -1.93. The zero-order chi connectivity index (χ0) is 12.9. The van der Waals surface area contributed by atoms with Crippen molar-refractivity contribution in [2.75, 3.05) is 5.73 Å². The van der Waals surface area contributed by atoms with Crippen molar-refractivity contribution in [3.63, 3.8) is 0 Å². The first-order valence-corrected chi connectivity index (χ1v) is 6.79. The van der Waals surface area contributed by atoms with E-state index in [0.29, 0.717) is 17.2 Å². The first-order valence-electron chi connectivity index (χ1n) is 6.00. The van der Waals surface area contributed by atoms with Gasteiger partial charge in [-0.15, -0.1) is 0 Å². The van der Waals surface area contributed by atoms with E-state index >= 15 is 0 Å². The second kappa shape index (κ2) is 3.85. The molecule has 3 nitrogen and oxygen atoms in total. The van der Waals surface area contributed by atoms with E-state index in [-0.39, 0.29) is 0 Å². The number of aromatic nitrogens is 1. The van der Waals surface area contributed by atoms with Crippen molar-refractivity contribution in [2.45, 2.75) is 26.2 Å². The van der Waals surface area contributed by atoms with Crippen LogP contribution in [0.2, 0.25) is 0 Å². The first-order chi connectivity index (χ1) is 8.49. The molecule has 2 aromatic rings. The molecule has 0 radical (unpaired) electrons. The highest BCUT2D eigenvalue weighted by atomic mass is 79.9. The van der Waals surface area contributed by atoms with E-state index in [1.807, 2.05) is 24.3 Å². The molecule has 2 N–H and O–H groups in total. The number of nitrogens with two attached hydrogens (primary N) is 1. The van der Waals surface area contributed by atoms with Crippen LogP contribution in [0.4, 0.5) is 5.82 Å². The van der Waals surface area contributed by atoms with Crippen LogP contribution in [-0.4, -0.2) is 5.16 Å². The molecule has 1 aliphatic carbocycles. The van der Waals surface area contributed by atoms with Gasteiger partial charge in [0.1, 0.15) is 5.76 Å². The molecular weight excluding hydrogens is 292 g/mol. The van der Waals surface area contributed by atoms with Crippen molar-refractivity contribution in [3.8, 4) is 11.1 Å². The van der Waals surface area contributed by atoms with Gasteiger partial charge in [0.25, 0.3) is 0 Å². The Bertz CT molecular complexity index is 604. The van der Waals surface area contributed by atoms with E-state index in [0.717, 1.165) is 27.8 Å². The number of hydrogen-bond donors (Lipinski definition) is 1. The van der Waals surface area contributed by atoms with E-state index in [2.05, 4.69) is 34.9 Å². The van der Waals surface area contributed by atoms with Crippen LogP contribution in [0, 0.1) is 5.41 Å². The monoisotopic (exact) mass is 306 g/mol. The van der Waals surface area contributed by atoms with Gasteiger partial charge in [-0.25, -0.2) is 0 Å². The molecule has 1 heterocycles. The van der Waals surface area contributed by atoms with Crippen LogP contribution in [0.15, 0.2) is 33.3 Å². The molecule has 1 aromatic heterocycles. The van der Waals surface area contributed by atoms with Crippen LogP contribution in [0.3, 0.4) is 0 Å². The summed E-state index contributed by atoms with van der Waals surface area (Å²) in [6.07, 6.45) is 1.13.